The van der Waals surface area contributed by atoms with Crippen LogP contribution >= 0.6 is 24.8 Å². The van der Waals surface area contributed by atoms with Gasteiger partial charge in [0, 0.05) is 10.1 Å². The minimum atomic E-state index is 0.647. The topological polar surface area (TPSA) is 0 Å². The Balaban J connectivity index is 2.12. The summed E-state index contributed by atoms with van der Waals surface area (Å²) in [5, 5.41) is 0. The number of allylic oxidation sites excluding steroid dienone is 2. The molecule has 0 saturated heterocycles. The van der Waals surface area contributed by atoms with Crippen LogP contribution < -0.4 is 0 Å². The standard InChI is InChI=1S/C9H12S2/c1-2-5-3-4-6-7(5)8(6)9(10)11/h2,6-8H,3-4H2,1H3,(H,10,11). The van der Waals surface area contributed by atoms with E-state index >= 15 is 0 Å². The second-order valence-electron chi connectivity index (χ2n) is 3.46. The summed E-state index contributed by atoms with van der Waals surface area (Å²) in [6, 6.07) is 0. The summed E-state index contributed by atoms with van der Waals surface area (Å²) in [6.45, 7) is 2.13. The Morgan fingerprint density at radius 1 is 1.73 bits per heavy atom. The summed E-state index contributed by atoms with van der Waals surface area (Å²) in [6.07, 6.45) is 4.91. The molecule has 0 aromatic carbocycles. The molecule has 2 rings (SSSR count). The minimum Gasteiger partial charge on any atom is -0.136 e. The summed E-state index contributed by atoms with van der Waals surface area (Å²) in [4.78, 5) is 0. The number of rotatable bonds is 1. The van der Waals surface area contributed by atoms with Crippen molar-refractivity contribution in [3.05, 3.63) is 11.6 Å². The molecule has 11 heavy (non-hydrogen) atoms. The van der Waals surface area contributed by atoms with Crippen molar-refractivity contribution in [2.45, 2.75) is 19.8 Å². The minimum absolute atomic E-state index is 0.647. The highest BCUT2D eigenvalue weighted by Crippen LogP contribution is 2.61. The van der Waals surface area contributed by atoms with E-state index in [1.807, 2.05) is 0 Å². The predicted octanol–water partition coefficient (Wildman–Crippen LogP) is 2.85. The van der Waals surface area contributed by atoms with Crippen molar-refractivity contribution in [1.29, 1.82) is 0 Å². The van der Waals surface area contributed by atoms with E-state index in [0.717, 1.165) is 16.0 Å². The molecule has 3 unspecified atom stereocenters. The van der Waals surface area contributed by atoms with Crippen LogP contribution in [-0.4, -0.2) is 4.20 Å². The second-order valence-corrected chi connectivity index (χ2v) is 4.68. The molecule has 2 heteroatoms. The molecule has 2 fully saturated rings. The van der Waals surface area contributed by atoms with Gasteiger partial charge < -0.3 is 0 Å². The third kappa shape index (κ3) is 1.07. The van der Waals surface area contributed by atoms with E-state index in [9.17, 15) is 0 Å². The first-order chi connectivity index (χ1) is 5.25. The van der Waals surface area contributed by atoms with Gasteiger partial charge in [-0.05, 0) is 31.6 Å². The SMILES string of the molecule is CC=C1CCC2C(C(=S)S)C12. The van der Waals surface area contributed by atoms with Crippen molar-refractivity contribution < 1.29 is 0 Å². The van der Waals surface area contributed by atoms with E-state index in [4.69, 9.17) is 12.2 Å². The van der Waals surface area contributed by atoms with Gasteiger partial charge in [-0.25, -0.2) is 0 Å². The van der Waals surface area contributed by atoms with Crippen LogP contribution in [0.1, 0.15) is 19.8 Å². The first-order valence-corrected chi connectivity index (χ1v) is 4.99. The Labute approximate surface area is 78.5 Å². The molecule has 0 nitrogen and oxygen atoms in total. The van der Waals surface area contributed by atoms with Gasteiger partial charge in [0.1, 0.15) is 0 Å². The van der Waals surface area contributed by atoms with Crippen molar-refractivity contribution in [3.8, 4) is 0 Å². The highest BCUT2D eigenvalue weighted by molar-refractivity contribution is 8.11. The van der Waals surface area contributed by atoms with Crippen LogP contribution in [0.15, 0.2) is 11.6 Å². The smallest absolute Gasteiger partial charge is 0.0488 e. The monoisotopic (exact) mass is 184 g/mol. The van der Waals surface area contributed by atoms with Crippen LogP contribution in [0.25, 0.3) is 0 Å². The van der Waals surface area contributed by atoms with Gasteiger partial charge in [-0.2, -0.15) is 0 Å². The number of fused-ring (bicyclic) bond motifs is 1. The molecule has 0 aliphatic heterocycles. The van der Waals surface area contributed by atoms with Crippen molar-refractivity contribution in [2.24, 2.45) is 17.8 Å². The van der Waals surface area contributed by atoms with E-state index in [1.54, 1.807) is 5.57 Å². The van der Waals surface area contributed by atoms with Gasteiger partial charge in [0.05, 0.1) is 0 Å². The molecule has 0 spiro atoms. The van der Waals surface area contributed by atoms with Gasteiger partial charge >= 0.3 is 0 Å². The van der Waals surface area contributed by atoms with E-state index in [2.05, 4.69) is 25.6 Å². The summed E-state index contributed by atoms with van der Waals surface area (Å²) < 4.78 is 0.930. The third-order valence-electron chi connectivity index (χ3n) is 3.02. The number of hydrogen-bond donors (Lipinski definition) is 1. The zero-order chi connectivity index (χ0) is 8.01. The first-order valence-electron chi connectivity index (χ1n) is 4.13. The summed E-state index contributed by atoms with van der Waals surface area (Å²) in [7, 11) is 0. The van der Waals surface area contributed by atoms with Crippen LogP contribution in [0.2, 0.25) is 0 Å². The summed E-state index contributed by atoms with van der Waals surface area (Å²) in [5.74, 6) is 2.31. The van der Waals surface area contributed by atoms with Crippen molar-refractivity contribution in [3.63, 3.8) is 0 Å². The molecule has 60 valence electrons. The van der Waals surface area contributed by atoms with Gasteiger partial charge in [0.25, 0.3) is 0 Å². The molecule has 0 radical (unpaired) electrons. The van der Waals surface area contributed by atoms with Gasteiger partial charge in [-0.3, -0.25) is 0 Å². The van der Waals surface area contributed by atoms with Crippen LogP contribution in [0.4, 0.5) is 0 Å². The van der Waals surface area contributed by atoms with Crippen LogP contribution in [0.3, 0.4) is 0 Å². The van der Waals surface area contributed by atoms with Gasteiger partial charge in [-0.1, -0.05) is 23.9 Å². The Hall–Kier alpha value is 0.180. The number of thiocarbonyl (C=S) groups is 1. The average molecular weight is 184 g/mol. The zero-order valence-corrected chi connectivity index (χ0v) is 8.29. The van der Waals surface area contributed by atoms with E-state index in [0.29, 0.717) is 5.92 Å². The van der Waals surface area contributed by atoms with Gasteiger partial charge in [0.2, 0.25) is 0 Å². The summed E-state index contributed by atoms with van der Waals surface area (Å²) in [5.41, 5.74) is 1.62. The molecule has 0 aromatic heterocycles. The molecule has 0 N–H and O–H groups in total. The fourth-order valence-electron chi connectivity index (χ4n) is 2.41. The fourth-order valence-corrected chi connectivity index (χ4v) is 3.09. The number of hydrogen-bond acceptors (Lipinski definition) is 1. The Kier molecular flexibility index (Phi) is 1.84. The Morgan fingerprint density at radius 3 is 2.91 bits per heavy atom. The van der Waals surface area contributed by atoms with Crippen molar-refractivity contribution in [1.82, 2.24) is 0 Å². The second kappa shape index (κ2) is 2.60. The average Bonchev–Trinajstić information content (AvgIpc) is 2.55. The maximum Gasteiger partial charge on any atom is 0.0488 e. The largest absolute Gasteiger partial charge is 0.136 e. The third-order valence-corrected chi connectivity index (χ3v) is 3.59. The molecule has 2 aliphatic rings. The highest BCUT2D eigenvalue weighted by atomic mass is 32.1. The molecule has 2 saturated carbocycles. The zero-order valence-electron chi connectivity index (χ0n) is 6.58. The van der Waals surface area contributed by atoms with Crippen LogP contribution in [0, 0.1) is 17.8 Å². The molecular formula is C9H12S2. The predicted molar refractivity (Wildman–Crippen MR) is 55.0 cm³/mol. The lowest BCUT2D eigenvalue weighted by Crippen LogP contribution is -1.95. The first kappa shape index (κ1) is 7.81. The highest BCUT2D eigenvalue weighted by Gasteiger charge is 2.56. The molecular weight excluding hydrogens is 172 g/mol. The Morgan fingerprint density at radius 2 is 2.45 bits per heavy atom. The van der Waals surface area contributed by atoms with E-state index < -0.39 is 0 Å². The number of thiol groups is 1. The molecule has 2 aliphatic carbocycles. The van der Waals surface area contributed by atoms with Gasteiger partial charge in [0.15, 0.2) is 0 Å². The molecule has 3 atom stereocenters. The molecule has 0 bridgehead atoms. The fraction of sp³-hybridized carbons (Fsp3) is 0.667. The maximum absolute atomic E-state index is 5.07. The van der Waals surface area contributed by atoms with Crippen molar-refractivity contribution >= 4 is 29.0 Å². The van der Waals surface area contributed by atoms with Crippen molar-refractivity contribution in [2.75, 3.05) is 0 Å². The van der Waals surface area contributed by atoms with E-state index in [-0.39, 0.29) is 0 Å². The maximum atomic E-state index is 5.07. The van der Waals surface area contributed by atoms with Crippen LogP contribution in [0.5, 0.6) is 0 Å². The molecule has 0 aromatic rings. The quantitative estimate of drug-likeness (QED) is 0.371. The lowest BCUT2D eigenvalue weighted by molar-refractivity contribution is 0.751. The Bertz CT molecular complexity index is 230. The normalized spacial score (nSPS) is 44.2. The lowest BCUT2D eigenvalue weighted by Gasteiger charge is -2.01. The van der Waals surface area contributed by atoms with E-state index in [1.165, 1.54) is 12.8 Å². The molecule has 0 amide bonds. The molecule has 0 heterocycles. The van der Waals surface area contributed by atoms with Gasteiger partial charge in [-0.15, -0.1) is 12.6 Å². The lowest BCUT2D eigenvalue weighted by atomic mass is 10.1. The van der Waals surface area contributed by atoms with Crippen LogP contribution in [-0.2, 0) is 0 Å². The summed E-state index contributed by atoms with van der Waals surface area (Å²) >= 11 is 9.32.